The van der Waals surface area contributed by atoms with Crippen LogP contribution in [0.25, 0.3) is 67.3 Å². The minimum atomic E-state index is -0.897. The Labute approximate surface area is 396 Å². The zero-order chi connectivity index (χ0) is 45.1. The second-order valence-electron chi connectivity index (χ2n) is 17.7. The lowest BCUT2D eigenvalue weighted by atomic mass is 9.46. The average molecular weight is 867 g/mol. The first kappa shape index (κ1) is 39.5. The molecule has 0 N–H and O–H groups in total. The van der Waals surface area contributed by atoms with E-state index in [9.17, 15) is 0 Å². The maximum absolute atomic E-state index is 5.75. The molecule has 11 aromatic rings. The van der Waals surface area contributed by atoms with E-state index in [1.165, 1.54) is 0 Å². The highest BCUT2D eigenvalue weighted by Gasteiger charge is 2.62. The average Bonchev–Trinajstić information content (AvgIpc) is 3.43. The molecule has 0 spiro atoms. The molecule has 14 rings (SSSR count). The fourth-order valence-corrected chi connectivity index (χ4v) is 11.0. The van der Waals surface area contributed by atoms with E-state index in [2.05, 4.69) is 255 Å². The highest BCUT2D eigenvalue weighted by Crippen LogP contribution is 2.65. The smallest absolute Gasteiger partial charge is 0.149 e. The molecule has 2 heterocycles. The van der Waals surface area contributed by atoms with Crippen LogP contribution in [-0.4, -0.2) is 19.9 Å². The van der Waals surface area contributed by atoms with E-state index in [0.717, 1.165) is 112 Å². The van der Waals surface area contributed by atoms with Crippen molar-refractivity contribution in [1.82, 2.24) is 19.9 Å². The Morgan fingerprint density at radius 1 is 0.191 bits per heavy atom. The summed E-state index contributed by atoms with van der Waals surface area (Å²) in [5.41, 5.74) is 17.0. The van der Waals surface area contributed by atoms with Crippen molar-refractivity contribution in [3.05, 3.63) is 300 Å². The number of benzene rings is 9. The monoisotopic (exact) mass is 866 g/mol. The third kappa shape index (κ3) is 6.08. The largest absolute Gasteiger partial charge is 0.231 e. The molecule has 0 fully saturated rings. The van der Waals surface area contributed by atoms with Gasteiger partial charge in [-0.15, -0.1) is 0 Å². The van der Waals surface area contributed by atoms with E-state index in [0.29, 0.717) is 0 Å². The summed E-state index contributed by atoms with van der Waals surface area (Å²) in [5, 5.41) is 0. The second-order valence-corrected chi connectivity index (χ2v) is 17.7. The molecule has 9 aromatic carbocycles. The van der Waals surface area contributed by atoms with Gasteiger partial charge in [0.05, 0.1) is 22.8 Å². The number of rotatable bonds is 8. The molecule has 0 amide bonds. The lowest BCUT2D eigenvalue weighted by Crippen LogP contribution is -2.53. The summed E-state index contributed by atoms with van der Waals surface area (Å²) < 4.78 is 0. The van der Waals surface area contributed by atoms with Crippen molar-refractivity contribution < 1.29 is 0 Å². The predicted molar refractivity (Wildman–Crippen MR) is 274 cm³/mol. The minimum Gasteiger partial charge on any atom is -0.231 e. The highest BCUT2D eigenvalue weighted by molar-refractivity contribution is 5.83. The summed E-state index contributed by atoms with van der Waals surface area (Å²) in [6.45, 7) is 0. The SMILES string of the molecule is c1ccc(-c2cccc(-c3cc(-c4ccccc4)nc(C45c6ccccc6C(c6nc(-c7ccccc7)cc(-c7cccc(-c8ccccc8)c7)n6)(c6ccccc64)c4ccccc45)n3)c2)cc1. The van der Waals surface area contributed by atoms with Gasteiger partial charge in [0, 0.05) is 22.3 Å². The van der Waals surface area contributed by atoms with Crippen molar-refractivity contribution in [3.8, 4) is 67.3 Å². The van der Waals surface area contributed by atoms with Gasteiger partial charge in [-0.1, -0.05) is 231 Å². The van der Waals surface area contributed by atoms with Crippen molar-refractivity contribution >= 4 is 0 Å². The van der Waals surface area contributed by atoms with Crippen molar-refractivity contribution in [2.45, 2.75) is 10.8 Å². The van der Waals surface area contributed by atoms with Crippen LogP contribution < -0.4 is 0 Å². The zero-order valence-corrected chi connectivity index (χ0v) is 37.0. The van der Waals surface area contributed by atoms with Gasteiger partial charge in [0.1, 0.15) is 22.5 Å². The van der Waals surface area contributed by atoms with Crippen LogP contribution >= 0.6 is 0 Å². The molecule has 0 radical (unpaired) electrons. The van der Waals surface area contributed by atoms with Crippen molar-refractivity contribution in [2.75, 3.05) is 0 Å². The molecule has 0 saturated carbocycles. The van der Waals surface area contributed by atoms with Crippen molar-refractivity contribution in [1.29, 1.82) is 0 Å². The Balaban J connectivity index is 1.10. The van der Waals surface area contributed by atoms with Gasteiger partial charge < -0.3 is 0 Å². The molecule has 68 heavy (non-hydrogen) atoms. The van der Waals surface area contributed by atoms with Gasteiger partial charge in [-0.3, -0.25) is 0 Å². The van der Waals surface area contributed by atoms with E-state index in [-0.39, 0.29) is 0 Å². The quantitative estimate of drug-likeness (QED) is 0.153. The van der Waals surface area contributed by atoms with Gasteiger partial charge in [0.25, 0.3) is 0 Å². The van der Waals surface area contributed by atoms with Gasteiger partial charge in [0.2, 0.25) is 0 Å². The lowest BCUT2D eigenvalue weighted by molar-refractivity contribution is 0.519. The summed E-state index contributed by atoms with van der Waals surface area (Å²) in [7, 11) is 0. The maximum atomic E-state index is 5.75. The Hall–Kier alpha value is -8.86. The van der Waals surface area contributed by atoms with Crippen LogP contribution in [0.2, 0.25) is 0 Å². The van der Waals surface area contributed by atoms with Crippen LogP contribution in [0.5, 0.6) is 0 Å². The molecule has 0 atom stereocenters. The third-order valence-electron chi connectivity index (χ3n) is 14.0. The van der Waals surface area contributed by atoms with E-state index in [1.807, 2.05) is 0 Å². The molecule has 0 aliphatic heterocycles. The molecule has 3 aliphatic carbocycles. The minimum absolute atomic E-state index is 0.719. The Morgan fingerprint density at radius 3 is 0.735 bits per heavy atom. The number of nitrogens with zero attached hydrogens (tertiary/aromatic N) is 4. The predicted octanol–water partition coefficient (Wildman–Crippen LogP) is 14.7. The molecular formula is C64H42N4. The highest BCUT2D eigenvalue weighted by atomic mass is 15.0. The fourth-order valence-electron chi connectivity index (χ4n) is 11.0. The van der Waals surface area contributed by atoms with Crippen molar-refractivity contribution in [2.24, 2.45) is 0 Å². The molecule has 4 heteroatoms. The van der Waals surface area contributed by atoms with Gasteiger partial charge >= 0.3 is 0 Å². The first-order valence-electron chi connectivity index (χ1n) is 23.2. The Bertz CT molecular complexity index is 3320. The van der Waals surface area contributed by atoms with Crippen LogP contribution in [0.3, 0.4) is 0 Å². The first-order chi connectivity index (χ1) is 33.7. The maximum Gasteiger partial charge on any atom is 0.149 e. The molecule has 2 aromatic heterocycles. The Kier molecular flexibility index (Phi) is 9.26. The molecular weight excluding hydrogens is 825 g/mol. The van der Waals surface area contributed by atoms with E-state index >= 15 is 0 Å². The summed E-state index contributed by atoms with van der Waals surface area (Å²) in [4.78, 5) is 22.9. The van der Waals surface area contributed by atoms with Crippen LogP contribution in [0.1, 0.15) is 45.0 Å². The van der Waals surface area contributed by atoms with Crippen LogP contribution in [0.15, 0.2) is 255 Å². The van der Waals surface area contributed by atoms with Gasteiger partial charge in [-0.2, -0.15) is 0 Å². The van der Waals surface area contributed by atoms with Crippen molar-refractivity contribution in [3.63, 3.8) is 0 Å². The fraction of sp³-hybridized carbons (Fsp3) is 0.0312. The topological polar surface area (TPSA) is 51.6 Å². The summed E-state index contributed by atoms with van der Waals surface area (Å²) in [5.74, 6) is 1.44. The number of hydrogen-bond acceptors (Lipinski definition) is 4. The lowest BCUT2D eigenvalue weighted by Gasteiger charge is -2.55. The molecule has 318 valence electrons. The Morgan fingerprint density at radius 2 is 0.426 bits per heavy atom. The van der Waals surface area contributed by atoms with E-state index in [1.54, 1.807) is 0 Å². The van der Waals surface area contributed by atoms with Gasteiger partial charge in [0.15, 0.2) is 0 Å². The molecule has 4 nitrogen and oxygen atoms in total. The van der Waals surface area contributed by atoms with Crippen LogP contribution in [0.4, 0.5) is 0 Å². The summed E-state index contributed by atoms with van der Waals surface area (Å²) in [6, 6.07) is 90.5. The second kappa shape index (κ2) is 15.9. The van der Waals surface area contributed by atoms with E-state index < -0.39 is 10.8 Å². The van der Waals surface area contributed by atoms with Crippen LogP contribution in [-0.2, 0) is 10.8 Å². The summed E-state index contributed by atoms with van der Waals surface area (Å²) in [6.07, 6.45) is 0. The van der Waals surface area contributed by atoms with Gasteiger partial charge in [-0.25, -0.2) is 19.9 Å². The molecule has 2 bridgehead atoms. The van der Waals surface area contributed by atoms with E-state index in [4.69, 9.17) is 19.9 Å². The standard InChI is InChI=1S/C64H42N4/c1-5-21-43(22-6-1)47-29-19-31-49(39-47)59-41-57(45-25-9-3-10-26-45)65-61(67-59)63-51-33-13-16-36-54(51)64(55-37-17-14-34-52(55)63,56-38-18-15-35-53(56)63)62-66-58(46-27-11-4-12-28-46)42-60(68-62)50-32-20-30-48(40-50)44-23-7-2-8-24-44/h1-42H. The zero-order valence-electron chi connectivity index (χ0n) is 37.0. The number of aromatic nitrogens is 4. The molecule has 3 aliphatic rings. The third-order valence-corrected chi connectivity index (χ3v) is 14.0. The normalized spacial score (nSPS) is 16.4. The first-order valence-corrected chi connectivity index (χ1v) is 23.2. The molecule has 0 unspecified atom stereocenters. The van der Waals surface area contributed by atoms with Crippen LogP contribution in [0, 0.1) is 0 Å². The van der Waals surface area contributed by atoms with Gasteiger partial charge in [-0.05, 0) is 79.9 Å². The number of hydrogen-bond donors (Lipinski definition) is 0. The molecule has 0 saturated heterocycles. The summed E-state index contributed by atoms with van der Waals surface area (Å²) >= 11 is 0.